The molecule has 0 amide bonds. The molecule has 0 saturated heterocycles. The number of hydrogen-bond donors (Lipinski definition) is 0. The molecule has 62 valence electrons. The third-order valence-electron chi connectivity index (χ3n) is 1.43. The fourth-order valence-electron chi connectivity index (χ4n) is 0.849. The Morgan fingerprint density at radius 1 is 1.15 bits per heavy atom. The Morgan fingerprint density at radius 3 is 2.62 bits per heavy atom. The minimum absolute atomic E-state index is 0.581. The maximum Gasteiger partial charge on any atom is 0.102 e. The van der Waals surface area contributed by atoms with Crippen LogP contribution in [0.15, 0.2) is 47.8 Å². The highest BCUT2D eigenvalue weighted by Crippen LogP contribution is 1.99. The summed E-state index contributed by atoms with van der Waals surface area (Å²) in [6, 6.07) is 12.1. The molecule has 0 unspecified atom stereocenters. The summed E-state index contributed by atoms with van der Waals surface area (Å²) in [5.41, 5.74) is 5.11. The smallest absolute Gasteiger partial charge is 0.102 e. The zero-order valence-corrected chi connectivity index (χ0v) is 8.14. The molecule has 0 saturated carbocycles. The summed E-state index contributed by atoms with van der Waals surface area (Å²) >= 11 is 0. The summed E-state index contributed by atoms with van der Waals surface area (Å²) in [5, 5.41) is 8.23. The van der Waals surface area contributed by atoms with Crippen LogP contribution in [0.3, 0.4) is 0 Å². The van der Waals surface area contributed by atoms with Crippen LogP contribution in [0, 0.1) is 11.3 Å². The number of nitriles is 1. The van der Waals surface area contributed by atoms with Crippen LogP contribution in [0.25, 0.3) is 6.08 Å². The van der Waals surface area contributed by atoms with E-state index in [9.17, 15) is 0 Å². The van der Waals surface area contributed by atoms with Gasteiger partial charge in [-0.1, -0.05) is 47.8 Å². The van der Waals surface area contributed by atoms with Gasteiger partial charge in [-0.15, -0.1) is 0 Å². The Morgan fingerprint density at radius 2 is 1.92 bits per heavy atom. The van der Waals surface area contributed by atoms with E-state index in [1.54, 1.807) is 0 Å². The van der Waals surface area contributed by atoms with Crippen molar-refractivity contribution in [3.63, 3.8) is 0 Å². The van der Waals surface area contributed by atoms with Crippen molar-refractivity contribution in [3.8, 4) is 6.07 Å². The molecular formula is C11H9NSi. The van der Waals surface area contributed by atoms with Gasteiger partial charge in [0.15, 0.2) is 0 Å². The number of hydrogen-bond acceptors (Lipinski definition) is 1. The third-order valence-corrected chi connectivity index (χ3v) is 2.14. The van der Waals surface area contributed by atoms with E-state index in [0.29, 0.717) is 9.52 Å². The molecule has 0 atom stereocenters. The minimum Gasteiger partial charge on any atom is -0.193 e. The molecule has 0 heterocycles. The third kappa shape index (κ3) is 4.09. The van der Waals surface area contributed by atoms with Gasteiger partial charge in [-0.3, -0.25) is 0 Å². The molecule has 1 rings (SSSR count). The van der Waals surface area contributed by atoms with Gasteiger partial charge in [-0.2, -0.15) is 5.26 Å². The molecule has 0 fully saturated rings. The van der Waals surface area contributed by atoms with Gasteiger partial charge in [-0.05, 0) is 5.56 Å². The van der Waals surface area contributed by atoms with Crippen molar-refractivity contribution >= 4 is 15.6 Å². The van der Waals surface area contributed by atoms with E-state index in [0.717, 1.165) is 0 Å². The van der Waals surface area contributed by atoms with Crippen LogP contribution < -0.4 is 0 Å². The minimum atomic E-state index is 0.581. The van der Waals surface area contributed by atoms with Crippen molar-refractivity contribution in [2.24, 2.45) is 0 Å². The Labute approximate surface area is 80.8 Å². The highest BCUT2D eigenvalue weighted by molar-refractivity contribution is 6.49. The normalized spacial score (nSPS) is 10.7. The van der Waals surface area contributed by atoms with Gasteiger partial charge in [0.1, 0.15) is 9.52 Å². The predicted molar refractivity (Wildman–Crippen MR) is 56.0 cm³/mol. The monoisotopic (exact) mass is 183 g/mol. The summed E-state index contributed by atoms with van der Waals surface area (Å²) in [4.78, 5) is 0. The van der Waals surface area contributed by atoms with E-state index < -0.39 is 0 Å². The van der Waals surface area contributed by atoms with Crippen LogP contribution in [-0.2, 0) is 0 Å². The second-order valence-electron chi connectivity index (χ2n) is 2.37. The molecule has 0 spiro atoms. The lowest BCUT2D eigenvalue weighted by Gasteiger charge is -1.88. The Kier molecular flexibility index (Phi) is 4.37. The topological polar surface area (TPSA) is 23.8 Å². The molecule has 13 heavy (non-hydrogen) atoms. The summed E-state index contributed by atoms with van der Waals surface area (Å²) in [7, 11) is 0.581. The fourth-order valence-corrected chi connectivity index (χ4v) is 1.42. The molecule has 1 aromatic rings. The Bertz CT molecular complexity index is 333. The van der Waals surface area contributed by atoms with Crippen molar-refractivity contribution in [1.29, 1.82) is 5.26 Å². The van der Waals surface area contributed by atoms with Gasteiger partial charge >= 0.3 is 0 Å². The van der Waals surface area contributed by atoms with Crippen LogP contribution in [0.4, 0.5) is 0 Å². The van der Waals surface area contributed by atoms with E-state index in [4.69, 9.17) is 5.26 Å². The molecule has 0 bridgehead atoms. The second-order valence-corrected chi connectivity index (χ2v) is 3.37. The van der Waals surface area contributed by atoms with E-state index in [2.05, 4.69) is 23.9 Å². The fraction of sp³-hybridized carbons (Fsp3) is 0. The van der Waals surface area contributed by atoms with Crippen LogP contribution in [0.5, 0.6) is 0 Å². The largest absolute Gasteiger partial charge is 0.193 e. The molecule has 2 radical (unpaired) electrons. The first-order chi connectivity index (χ1) is 6.43. The summed E-state index contributed by atoms with van der Waals surface area (Å²) in [6.07, 6.45) is 3.56. The van der Waals surface area contributed by atoms with Crippen molar-refractivity contribution in [2.75, 3.05) is 0 Å². The Hall–Kier alpha value is -1.59. The van der Waals surface area contributed by atoms with Gasteiger partial charge in [-0.25, -0.2) is 0 Å². The molecule has 0 aliphatic heterocycles. The van der Waals surface area contributed by atoms with Crippen LogP contribution in [-0.4, -0.2) is 9.52 Å². The summed E-state index contributed by atoms with van der Waals surface area (Å²) in [6.45, 7) is 0. The van der Waals surface area contributed by atoms with E-state index in [1.165, 1.54) is 11.6 Å². The highest BCUT2D eigenvalue weighted by atomic mass is 28.2. The first kappa shape index (κ1) is 9.49. The zero-order valence-electron chi connectivity index (χ0n) is 7.14. The SMILES string of the molecule is N#CC=C[Si]C=Cc1ccccc1. The second kappa shape index (κ2) is 5.98. The average Bonchev–Trinajstić information content (AvgIpc) is 2.19. The summed E-state index contributed by atoms with van der Waals surface area (Å²) in [5.74, 6) is 0. The molecule has 0 aliphatic carbocycles. The molecule has 0 N–H and O–H groups in total. The number of rotatable bonds is 3. The lowest BCUT2D eigenvalue weighted by Crippen LogP contribution is -1.76. The van der Waals surface area contributed by atoms with Crippen molar-refractivity contribution < 1.29 is 0 Å². The maximum atomic E-state index is 8.23. The highest BCUT2D eigenvalue weighted by Gasteiger charge is 1.80. The molecule has 1 aromatic carbocycles. The van der Waals surface area contributed by atoms with Gasteiger partial charge in [0.05, 0.1) is 6.07 Å². The van der Waals surface area contributed by atoms with Gasteiger partial charge in [0.25, 0.3) is 0 Å². The standard InChI is InChI=1S/C11H9NSi/c12-8-4-9-13-10-7-11-5-2-1-3-6-11/h1-7,9-10H. The first-order valence-electron chi connectivity index (χ1n) is 3.96. The zero-order chi connectivity index (χ0) is 9.36. The van der Waals surface area contributed by atoms with Gasteiger partial charge in [0.2, 0.25) is 0 Å². The van der Waals surface area contributed by atoms with E-state index in [1.807, 2.05) is 30.0 Å². The molecule has 0 aliphatic rings. The maximum absolute atomic E-state index is 8.23. The predicted octanol–water partition coefficient (Wildman–Crippen LogP) is 2.40. The van der Waals surface area contributed by atoms with Crippen molar-refractivity contribution in [2.45, 2.75) is 0 Å². The average molecular weight is 183 g/mol. The van der Waals surface area contributed by atoms with Gasteiger partial charge in [0, 0.05) is 6.08 Å². The summed E-state index contributed by atoms with van der Waals surface area (Å²) < 4.78 is 0. The van der Waals surface area contributed by atoms with Crippen molar-refractivity contribution in [1.82, 2.24) is 0 Å². The van der Waals surface area contributed by atoms with Gasteiger partial charge < -0.3 is 0 Å². The van der Waals surface area contributed by atoms with Crippen LogP contribution in [0.1, 0.15) is 5.56 Å². The first-order valence-corrected chi connectivity index (χ1v) is 5.11. The number of benzene rings is 1. The quantitative estimate of drug-likeness (QED) is 0.521. The Balaban J connectivity index is 2.42. The molecule has 1 nitrogen and oxygen atoms in total. The molecule has 2 heteroatoms. The van der Waals surface area contributed by atoms with E-state index in [-0.39, 0.29) is 0 Å². The van der Waals surface area contributed by atoms with Crippen molar-refractivity contribution in [3.05, 3.63) is 53.4 Å². The van der Waals surface area contributed by atoms with Crippen LogP contribution >= 0.6 is 0 Å². The molecular weight excluding hydrogens is 174 g/mol. The number of allylic oxidation sites excluding steroid dienone is 1. The number of nitrogens with zero attached hydrogens (tertiary/aromatic N) is 1. The molecule has 0 aromatic heterocycles. The lowest BCUT2D eigenvalue weighted by atomic mass is 10.2. The lowest BCUT2D eigenvalue weighted by molar-refractivity contribution is 1.54. The van der Waals surface area contributed by atoms with E-state index >= 15 is 0 Å². The van der Waals surface area contributed by atoms with Crippen LogP contribution in [0.2, 0.25) is 0 Å².